The zero-order chi connectivity index (χ0) is 13.0. The van der Waals surface area contributed by atoms with Gasteiger partial charge in [-0.15, -0.1) is 0 Å². The van der Waals surface area contributed by atoms with Crippen LogP contribution in [0.3, 0.4) is 0 Å². The van der Waals surface area contributed by atoms with E-state index >= 15 is 0 Å². The Kier molecular flexibility index (Phi) is 4.58. The van der Waals surface area contributed by atoms with Gasteiger partial charge in [-0.3, -0.25) is 11.3 Å². The number of nitrogens with one attached hydrogen (secondary N) is 1. The quantitative estimate of drug-likeness (QED) is 0.653. The number of halogens is 2. The lowest BCUT2D eigenvalue weighted by Gasteiger charge is -2.23. The molecule has 0 saturated heterocycles. The number of rotatable bonds is 4. The normalized spacial score (nSPS) is 16.9. The van der Waals surface area contributed by atoms with Gasteiger partial charge in [0.1, 0.15) is 5.82 Å². The average Bonchev–Trinajstić information content (AvgIpc) is 2.39. The van der Waals surface area contributed by atoms with Gasteiger partial charge in [-0.05, 0) is 42.5 Å². The van der Waals surface area contributed by atoms with Crippen molar-refractivity contribution in [2.75, 3.05) is 6.61 Å². The van der Waals surface area contributed by atoms with Crippen LogP contribution in [0.25, 0.3) is 0 Å². The summed E-state index contributed by atoms with van der Waals surface area (Å²) < 4.78 is 18.3. The molecule has 2 rings (SSSR count). The van der Waals surface area contributed by atoms with Gasteiger partial charge in [-0.2, -0.15) is 0 Å². The van der Waals surface area contributed by atoms with E-state index < -0.39 is 0 Å². The fraction of sp³-hybridized carbons (Fsp3) is 0.385. The van der Waals surface area contributed by atoms with Gasteiger partial charge >= 0.3 is 0 Å². The molecule has 0 aliphatic carbocycles. The van der Waals surface area contributed by atoms with E-state index in [2.05, 4.69) is 5.43 Å². The van der Waals surface area contributed by atoms with Crippen LogP contribution in [-0.2, 0) is 11.2 Å². The molecule has 3 nitrogen and oxygen atoms in total. The van der Waals surface area contributed by atoms with Gasteiger partial charge in [-0.1, -0.05) is 17.7 Å². The van der Waals surface area contributed by atoms with E-state index in [4.69, 9.17) is 22.2 Å². The summed E-state index contributed by atoms with van der Waals surface area (Å²) in [4.78, 5) is 0. The van der Waals surface area contributed by atoms with E-state index in [1.54, 1.807) is 12.3 Å². The fourth-order valence-electron chi connectivity index (χ4n) is 2.05. The second-order valence-corrected chi connectivity index (χ2v) is 4.73. The third-order valence-electron chi connectivity index (χ3n) is 3.05. The summed E-state index contributed by atoms with van der Waals surface area (Å²) in [6.07, 6.45) is 4.31. The first kappa shape index (κ1) is 13.3. The van der Waals surface area contributed by atoms with Crippen molar-refractivity contribution < 1.29 is 9.13 Å². The number of hydrogen-bond acceptors (Lipinski definition) is 3. The second-order valence-electron chi connectivity index (χ2n) is 4.33. The highest BCUT2D eigenvalue weighted by Crippen LogP contribution is 2.23. The van der Waals surface area contributed by atoms with Gasteiger partial charge in [-0.25, -0.2) is 4.39 Å². The maximum Gasteiger partial charge on any atom is 0.124 e. The standard InChI is InChI=1S/C13H16ClFN2O/c14-12-7-11(15)4-3-9(12)6-13(17-16)10-2-1-5-18-8-10/h3-4,7-8,13,17H,1-2,5-6,16H2. The number of hydrazine groups is 1. The molecule has 1 aliphatic heterocycles. The molecule has 0 spiro atoms. The molecule has 1 aromatic rings. The lowest BCUT2D eigenvalue weighted by atomic mass is 9.96. The van der Waals surface area contributed by atoms with Crippen molar-refractivity contribution in [2.45, 2.75) is 25.3 Å². The predicted octanol–water partition coefficient (Wildman–Crippen LogP) is 2.55. The van der Waals surface area contributed by atoms with Crippen molar-refractivity contribution in [3.05, 3.63) is 46.4 Å². The lowest BCUT2D eigenvalue weighted by Crippen LogP contribution is -2.39. The summed E-state index contributed by atoms with van der Waals surface area (Å²) in [6.45, 7) is 0.748. The molecule has 0 aromatic heterocycles. The number of benzene rings is 1. The fourth-order valence-corrected chi connectivity index (χ4v) is 2.29. The van der Waals surface area contributed by atoms with Crippen LogP contribution in [0.5, 0.6) is 0 Å². The molecule has 1 unspecified atom stereocenters. The first-order chi connectivity index (χ1) is 8.70. The molecule has 0 saturated carbocycles. The monoisotopic (exact) mass is 270 g/mol. The molecule has 18 heavy (non-hydrogen) atoms. The Bertz CT molecular complexity index is 451. The summed E-state index contributed by atoms with van der Waals surface area (Å²) in [5.74, 6) is 5.24. The van der Waals surface area contributed by atoms with Crippen molar-refractivity contribution in [1.29, 1.82) is 0 Å². The minimum atomic E-state index is -0.332. The van der Waals surface area contributed by atoms with Crippen molar-refractivity contribution in [2.24, 2.45) is 5.84 Å². The molecule has 0 radical (unpaired) electrons. The average molecular weight is 271 g/mol. The first-order valence-corrected chi connectivity index (χ1v) is 6.29. The molecule has 0 amide bonds. The van der Waals surface area contributed by atoms with E-state index in [0.29, 0.717) is 11.4 Å². The van der Waals surface area contributed by atoms with E-state index in [1.165, 1.54) is 12.1 Å². The molecule has 5 heteroatoms. The van der Waals surface area contributed by atoms with Gasteiger partial charge in [0, 0.05) is 11.1 Å². The van der Waals surface area contributed by atoms with Gasteiger partial charge in [0.2, 0.25) is 0 Å². The second kappa shape index (κ2) is 6.18. The Morgan fingerprint density at radius 2 is 2.33 bits per heavy atom. The Hall–Kier alpha value is -1.10. The van der Waals surface area contributed by atoms with Crippen molar-refractivity contribution in [1.82, 2.24) is 5.43 Å². The SMILES string of the molecule is NNC(Cc1ccc(F)cc1Cl)C1=COCCC1. The minimum absolute atomic E-state index is 0.0340. The topological polar surface area (TPSA) is 47.3 Å². The number of hydrogen-bond donors (Lipinski definition) is 2. The molecular weight excluding hydrogens is 255 g/mol. The van der Waals surface area contributed by atoms with Crippen molar-refractivity contribution >= 4 is 11.6 Å². The molecule has 1 atom stereocenters. The summed E-state index contributed by atoms with van der Waals surface area (Å²) >= 11 is 6.01. The predicted molar refractivity (Wildman–Crippen MR) is 69.5 cm³/mol. The molecule has 1 heterocycles. The van der Waals surface area contributed by atoms with Crippen LogP contribution in [0.4, 0.5) is 4.39 Å². The minimum Gasteiger partial charge on any atom is -0.501 e. The highest BCUT2D eigenvalue weighted by Gasteiger charge is 2.17. The van der Waals surface area contributed by atoms with E-state index in [9.17, 15) is 4.39 Å². The van der Waals surface area contributed by atoms with Gasteiger partial charge in [0.05, 0.1) is 12.9 Å². The lowest BCUT2D eigenvalue weighted by molar-refractivity contribution is 0.219. The van der Waals surface area contributed by atoms with E-state index in [-0.39, 0.29) is 11.9 Å². The number of ether oxygens (including phenoxy) is 1. The molecule has 1 aliphatic rings. The molecule has 0 bridgehead atoms. The third-order valence-corrected chi connectivity index (χ3v) is 3.40. The Morgan fingerprint density at radius 3 is 2.94 bits per heavy atom. The molecule has 3 N–H and O–H groups in total. The summed E-state index contributed by atoms with van der Waals surface area (Å²) in [6, 6.07) is 4.37. The van der Waals surface area contributed by atoms with E-state index in [1.807, 2.05) is 0 Å². The Balaban J connectivity index is 2.12. The van der Waals surface area contributed by atoms with Crippen LogP contribution in [0.2, 0.25) is 5.02 Å². The number of nitrogens with two attached hydrogens (primary N) is 1. The van der Waals surface area contributed by atoms with Crippen LogP contribution < -0.4 is 11.3 Å². The van der Waals surface area contributed by atoms with Crippen molar-refractivity contribution in [3.63, 3.8) is 0 Å². The van der Waals surface area contributed by atoms with Crippen LogP contribution in [0, 0.1) is 5.82 Å². The highest BCUT2D eigenvalue weighted by molar-refractivity contribution is 6.31. The summed E-state index contributed by atoms with van der Waals surface area (Å²) in [5, 5.41) is 0.424. The largest absolute Gasteiger partial charge is 0.501 e. The van der Waals surface area contributed by atoms with Crippen molar-refractivity contribution in [3.8, 4) is 0 Å². The molecule has 98 valence electrons. The third kappa shape index (κ3) is 3.22. The Morgan fingerprint density at radius 1 is 1.50 bits per heavy atom. The first-order valence-electron chi connectivity index (χ1n) is 5.91. The molecular formula is C13H16ClFN2O. The van der Waals surface area contributed by atoms with Gasteiger partial charge in [0.15, 0.2) is 0 Å². The van der Waals surface area contributed by atoms with Crippen LogP contribution in [0.15, 0.2) is 30.0 Å². The van der Waals surface area contributed by atoms with Crippen LogP contribution >= 0.6 is 11.6 Å². The molecule has 0 fully saturated rings. The summed E-state index contributed by atoms with van der Waals surface area (Å²) in [7, 11) is 0. The zero-order valence-electron chi connectivity index (χ0n) is 9.96. The summed E-state index contributed by atoms with van der Waals surface area (Å²) in [5.41, 5.74) is 4.74. The maximum absolute atomic E-state index is 13.0. The Labute approximate surface area is 111 Å². The van der Waals surface area contributed by atoms with Crippen LogP contribution in [-0.4, -0.2) is 12.6 Å². The van der Waals surface area contributed by atoms with Gasteiger partial charge in [0.25, 0.3) is 0 Å². The smallest absolute Gasteiger partial charge is 0.124 e. The maximum atomic E-state index is 13.0. The van der Waals surface area contributed by atoms with E-state index in [0.717, 1.165) is 30.6 Å². The molecule has 1 aromatic carbocycles. The highest BCUT2D eigenvalue weighted by atomic mass is 35.5. The van der Waals surface area contributed by atoms with Gasteiger partial charge < -0.3 is 4.74 Å². The zero-order valence-corrected chi connectivity index (χ0v) is 10.7. The van der Waals surface area contributed by atoms with Crippen LogP contribution in [0.1, 0.15) is 18.4 Å².